The lowest BCUT2D eigenvalue weighted by Crippen LogP contribution is -2.28. The molecule has 1 amide bonds. The van der Waals surface area contributed by atoms with E-state index in [9.17, 15) is 4.79 Å². The minimum absolute atomic E-state index is 0.0820. The molecule has 3 heterocycles. The Balaban J connectivity index is 0.000000519. The molecule has 2 aromatic heterocycles. The highest BCUT2D eigenvalue weighted by atomic mass is 16.2. The van der Waals surface area contributed by atoms with Gasteiger partial charge in [-0.2, -0.15) is 0 Å². The van der Waals surface area contributed by atoms with E-state index >= 15 is 0 Å². The van der Waals surface area contributed by atoms with Crippen LogP contribution in [0.25, 0.3) is 16.3 Å². The number of nitrogens with one attached hydrogen (secondary N) is 2. The molecule has 5 heteroatoms. The molecule has 2 N–H and O–H groups in total. The van der Waals surface area contributed by atoms with Crippen LogP contribution in [0.2, 0.25) is 0 Å². The first kappa shape index (κ1) is 27.6. The van der Waals surface area contributed by atoms with Crippen LogP contribution in [-0.2, 0) is 4.79 Å². The third kappa shape index (κ3) is 7.96. The highest BCUT2D eigenvalue weighted by Crippen LogP contribution is 2.29. The summed E-state index contributed by atoms with van der Waals surface area (Å²) < 4.78 is 0. The number of carbonyl (C=O) groups excluding carboxylic acids is 1. The zero-order chi connectivity index (χ0) is 24.9. The number of hydrogen-bond donors (Lipinski definition) is 2. The van der Waals surface area contributed by atoms with Gasteiger partial charge in [-0.05, 0) is 43.9 Å². The smallest absolute Gasteiger partial charge is 0.228 e. The predicted octanol–water partition coefficient (Wildman–Crippen LogP) is 7.65. The molecule has 2 aromatic rings. The SMILES string of the molecule is CCC.CCCC.CCCC1C=C(C)C(c2cc3cnc(NC(=O)C4CCC4)cc3cn2)=CN1. The van der Waals surface area contributed by atoms with E-state index < -0.39 is 0 Å². The number of aromatic nitrogens is 2. The van der Waals surface area contributed by atoms with E-state index in [1.54, 1.807) is 0 Å². The van der Waals surface area contributed by atoms with Crippen LogP contribution in [0.3, 0.4) is 0 Å². The van der Waals surface area contributed by atoms with Crippen molar-refractivity contribution in [2.45, 2.75) is 99.0 Å². The Hall–Kier alpha value is -2.69. The molecule has 5 nitrogen and oxygen atoms in total. The third-order valence-corrected chi connectivity index (χ3v) is 6.02. The fourth-order valence-electron chi connectivity index (χ4n) is 3.65. The van der Waals surface area contributed by atoms with Crippen LogP contribution >= 0.6 is 0 Å². The Morgan fingerprint density at radius 3 is 2.21 bits per heavy atom. The van der Waals surface area contributed by atoms with Gasteiger partial charge in [0.25, 0.3) is 0 Å². The summed E-state index contributed by atoms with van der Waals surface area (Å²) in [7, 11) is 0. The Kier molecular flexibility index (Phi) is 11.8. The van der Waals surface area contributed by atoms with E-state index in [2.05, 4.69) is 80.5 Å². The van der Waals surface area contributed by atoms with Crippen molar-refractivity contribution in [1.82, 2.24) is 15.3 Å². The molecule has 4 rings (SSSR count). The molecule has 0 radical (unpaired) electrons. The summed E-state index contributed by atoms with van der Waals surface area (Å²) in [4.78, 5) is 21.2. The van der Waals surface area contributed by atoms with E-state index in [0.717, 1.165) is 54.1 Å². The molecule has 1 fully saturated rings. The molecule has 1 aliphatic heterocycles. The van der Waals surface area contributed by atoms with Crippen LogP contribution in [0.5, 0.6) is 0 Å². The number of amides is 1. The monoisotopic (exact) mass is 464 g/mol. The first-order valence-electron chi connectivity index (χ1n) is 13.2. The van der Waals surface area contributed by atoms with Crippen LogP contribution in [-0.4, -0.2) is 21.9 Å². The standard InChI is InChI=1S/C22H26N4O.C4H10.C3H8/c1-3-5-18-8-14(2)19(13-23-18)20-9-16-12-25-21(10-17(16)11-24-20)26-22(27)15-6-4-7-15;1-3-4-2;1-3-2/h8-13,15,18,23H,3-7H2,1-2H3,(H,25,26,27);3-4H2,1-2H3;3H2,1-2H3. The van der Waals surface area contributed by atoms with E-state index in [1.807, 2.05) is 18.5 Å². The number of allylic oxidation sites excluding steroid dienone is 2. The largest absolute Gasteiger partial charge is 0.384 e. The van der Waals surface area contributed by atoms with Gasteiger partial charge in [-0.25, -0.2) is 4.98 Å². The fraction of sp³-hybridized carbons (Fsp3) is 0.552. The minimum Gasteiger partial charge on any atom is -0.384 e. The molecule has 2 aliphatic rings. The number of unbranched alkanes of at least 4 members (excludes halogenated alkanes) is 1. The summed E-state index contributed by atoms with van der Waals surface area (Å²) in [5.41, 5.74) is 3.30. The van der Waals surface area contributed by atoms with Crippen molar-refractivity contribution in [2.75, 3.05) is 5.32 Å². The van der Waals surface area contributed by atoms with Crippen molar-refractivity contribution in [3.8, 4) is 0 Å². The normalized spacial score (nSPS) is 17.1. The third-order valence-electron chi connectivity index (χ3n) is 6.02. The Bertz CT molecular complexity index is 973. The van der Waals surface area contributed by atoms with Gasteiger partial charge in [-0.3, -0.25) is 9.78 Å². The summed E-state index contributed by atoms with van der Waals surface area (Å²) in [5.74, 6) is 0.838. The van der Waals surface area contributed by atoms with Gasteiger partial charge in [0, 0.05) is 46.9 Å². The number of fused-ring (bicyclic) bond motifs is 1. The van der Waals surface area contributed by atoms with Gasteiger partial charge >= 0.3 is 0 Å². The average Bonchev–Trinajstić information content (AvgIpc) is 2.78. The van der Waals surface area contributed by atoms with Crippen molar-refractivity contribution in [1.29, 1.82) is 0 Å². The molecular formula is C29H44N4O. The average molecular weight is 465 g/mol. The second-order valence-electron chi connectivity index (χ2n) is 9.28. The molecule has 34 heavy (non-hydrogen) atoms. The van der Waals surface area contributed by atoms with Crippen LogP contribution in [0, 0.1) is 5.92 Å². The number of dihydropyridines is 1. The molecule has 1 atom stereocenters. The van der Waals surface area contributed by atoms with Gasteiger partial charge in [0.15, 0.2) is 0 Å². The summed E-state index contributed by atoms with van der Waals surface area (Å²) in [6.07, 6.45) is 17.3. The van der Waals surface area contributed by atoms with Gasteiger partial charge in [-0.15, -0.1) is 0 Å². The van der Waals surface area contributed by atoms with Crippen molar-refractivity contribution in [3.05, 3.63) is 48.1 Å². The van der Waals surface area contributed by atoms with E-state index in [0.29, 0.717) is 11.9 Å². The molecule has 0 saturated heterocycles. The summed E-state index contributed by atoms with van der Waals surface area (Å²) in [6, 6.07) is 4.36. The molecular weight excluding hydrogens is 420 g/mol. The van der Waals surface area contributed by atoms with Gasteiger partial charge < -0.3 is 10.6 Å². The van der Waals surface area contributed by atoms with E-state index in [-0.39, 0.29) is 11.8 Å². The molecule has 1 aliphatic carbocycles. The Morgan fingerprint density at radius 2 is 1.65 bits per heavy atom. The molecule has 0 spiro atoms. The van der Waals surface area contributed by atoms with Crippen LogP contribution in [0.15, 0.2) is 42.4 Å². The van der Waals surface area contributed by atoms with Gasteiger partial charge in [-0.1, -0.05) is 72.8 Å². The summed E-state index contributed by atoms with van der Waals surface area (Å²) in [6.45, 7) is 12.9. The van der Waals surface area contributed by atoms with Crippen LogP contribution in [0.4, 0.5) is 5.82 Å². The number of rotatable bonds is 6. The minimum atomic E-state index is 0.0820. The second-order valence-corrected chi connectivity index (χ2v) is 9.28. The lowest BCUT2D eigenvalue weighted by atomic mass is 9.85. The molecule has 0 aromatic carbocycles. The lowest BCUT2D eigenvalue weighted by Gasteiger charge is -2.23. The van der Waals surface area contributed by atoms with Crippen molar-refractivity contribution in [3.63, 3.8) is 0 Å². The van der Waals surface area contributed by atoms with Gasteiger partial charge in [0.1, 0.15) is 5.82 Å². The maximum Gasteiger partial charge on any atom is 0.228 e. The van der Waals surface area contributed by atoms with Crippen LogP contribution < -0.4 is 10.6 Å². The zero-order valence-corrected chi connectivity index (χ0v) is 22.1. The maximum absolute atomic E-state index is 12.1. The van der Waals surface area contributed by atoms with E-state index in [1.165, 1.54) is 24.8 Å². The highest BCUT2D eigenvalue weighted by Gasteiger charge is 2.25. The maximum atomic E-state index is 12.1. The van der Waals surface area contributed by atoms with Crippen molar-refractivity contribution < 1.29 is 4.79 Å². The number of carbonyl (C=O) groups is 1. The quantitative estimate of drug-likeness (QED) is 0.461. The van der Waals surface area contributed by atoms with E-state index in [4.69, 9.17) is 0 Å². The number of hydrogen-bond acceptors (Lipinski definition) is 4. The highest BCUT2D eigenvalue weighted by molar-refractivity contribution is 5.95. The predicted molar refractivity (Wildman–Crippen MR) is 146 cm³/mol. The van der Waals surface area contributed by atoms with Gasteiger partial charge in [0.2, 0.25) is 5.91 Å². The summed E-state index contributed by atoms with van der Waals surface area (Å²) in [5, 5.41) is 8.39. The summed E-state index contributed by atoms with van der Waals surface area (Å²) >= 11 is 0. The fourth-order valence-corrected chi connectivity index (χ4v) is 3.65. The zero-order valence-electron chi connectivity index (χ0n) is 22.1. The molecule has 186 valence electrons. The van der Waals surface area contributed by atoms with Gasteiger partial charge in [0.05, 0.1) is 5.69 Å². The lowest BCUT2D eigenvalue weighted by molar-refractivity contribution is -0.122. The number of pyridine rings is 2. The first-order valence-corrected chi connectivity index (χ1v) is 13.2. The molecule has 0 bridgehead atoms. The molecule has 1 saturated carbocycles. The number of anilines is 1. The Labute approximate surface area is 206 Å². The topological polar surface area (TPSA) is 66.9 Å². The second kappa shape index (κ2) is 14.5. The van der Waals surface area contributed by atoms with Crippen molar-refractivity contribution in [2.24, 2.45) is 5.92 Å². The number of nitrogens with zero attached hydrogens (tertiary/aromatic N) is 2. The van der Waals surface area contributed by atoms with Crippen LogP contribution in [0.1, 0.15) is 98.6 Å². The Morgan fingerprint density at radius 1 is 1.00 bits per heavy atom. The van der Waals surface area contributed by atoms with Crippen molar-refractivity contribution >= 4 is 28.1 Å². The molecule has 1 unspecified atom stereocenters. The first-order chi connectivity index (χ1) is 16.5.